The number of hydrogen-bond acceptors (Lipinski definition) is 5. The van der Waals surface area contributed by atoms with Crippen LogP contribution in [0.25, 0.3) is 17.2 Å². The standard InChI is InChI=1S/C21H26N2O4S/c1-4-27-10-9-16-11-21(24)23(2)14-19(16)18-12-17(28(3,25)26)7-8-20(18)22-13-15-5-6-15/h7-12,14-15,22H,4-6,13H2,1-3H3/b10-9+. The second kappa shape index (κ2) is 8.22. The van der Waals surface area contributed by atoms with Gasteiger partial charge in [-0.05, 0) is 55.5 Å². The average molecular weight is 403 g/mol. The number of anilines is 1. The van der Waals surface area contributed by atoms with E-state index in [0.717, 1.165) is 23.4 Å². The lowest BCUT2D eigenvalue weighted by Gasteiger charge is -2.16. The number of nitrogens with one attached hydrogen (secondary N) is 1. The molecule has 1 aliphatic rings. The van der Waals surface area contributed by atoms with Gasteiger partial charge in [0.15, 0.2) is 9.84 Å². The fourth-order valence-electron chi connectivity index (χ4n) is 2.93. The van der Waals surface area contributed by atoms with Gasteiger partial charge in [-0.1, -0.05) is 0 Å². The van der Waals surface area contributed by atoms with Crippen LogP contribution >= 0.6 is 0 Å². The summed E-state index contributed by atoms with van der Waals surface area (Å²) in [5.41, 5.74) is 2.89. The van der Waals surface area contributed by atoms with Crippen molar-refractivity contribution >= 4 is 21.6 Å². The summed E-state index contributed by atoms with van der Waals surface area (Å²) in [6, 6.07) is 6.62. The fourth-order valence-corrected chi connectivity index (χ4v) is 3.58. The molecule has 3 rings (SSSR count). The number of ether oxygens (including phenoxy) is 1. The number of aromatic nitrogens is 1. The highest BCUT2D eigenvalue weighted by Crippen LogP contribution is 2.35. The van der Waals surface area contributed by atoms with Crippen LogP contribution in [0.15, 0.2) is 46.4 Å². The smallest absolute Gasteiger partial charge is 0.250 e. The van der Waals surface area contributed by atoms with Gasteiger partial charge in [0.1, 0.15) is 0 Å². The van der Waals surface area contributed by atoms with Gasteiger partial charge in [-0.3, -0.25) is 4.79 Å². The number of sulfone groups is 1. The molecule has 0 saturated heterocycles. The predicted octanol–water partition coefficient (Wildman–Crippen LogP) is 3.28. The molecule has 0 atom stereocenters. The molecule has 1 N–H and O–H groups in total. The minimum atomic E-state index is -3.36. The number of pyridine rings is 1. The second-order valence-corrected chi connectivity index (χ2v) is 9.17. The first kappa shape index (κ1) is 20.2. The number of hydrogen-bond donors (Lipinski definition) is 1. The van der Waals surface area contributed by atoms with Crippen molar-refractivity contribution in [2.75, 3.05) is 24.7 Å². The highest BCUT2D eigenvalue weighted by Gasteiger charge is 2.22. The Morgan fingerprint density at radius 1 is 1.25 bits per heavy atom. The lowest BCUT2D eigenvalue weighted by atomic mass is 9.99. The van der Waals surface area contributed by atoms with Gasteiger partial charge in [-0.15, -0.1) is 0 Å². The van der Waals surface area contributed by atoms with Crippen LogP contribution in [0.2, 0.25) is 0 Å². The maximum atomic E-state index is 12.2. The van der Waals surface area contributed by atoms with Crippen molar-refractivity contribution in [3.63, 3.8) is 0 Å². The zero-order chi connectivity index (χ0) is 20.3. The summed E-state index contributed by atoms with van der Waals surface area (Å²) >= 11 is 0. The van der Waals surface area contributed by atoms with Crippen molar-refractivity contribution in [1.82, 2.24) is 4.57 Å². The Labute approximate surface area is 165 Å². The summed E-state index contributed by atoms with van der Waals surface area (Å²) in [6.07, 6.45) is 8.64. The number of nitrogens with zero attached hydrogens (tertiary/aromatic N) is 1. The maximum Gasteiger partial charge on any atom is 0.250 e. The van der Waals surface area contributed by atoms with Crippen molar-refractivity contribution in [2.24, 2.45) is 13.0 Å². The summed E-state index contributed by atoms with van der Waals surface area (Å²) in [5.74, 6) is 0.667. The van der Waals surface area contributed by atoms with Gasteiger partial charge >= 0.3 is 0 Å². The predicted molar refractivity (Wildman–Crippen MR) is 112 cm³/mol. The maximum absolute atomic E-state index is 12.2. The zero-order valence-corrected chi connectivity index (χ0v) is 17.3. The van der Waals surface area contributed by atoms with Crippen molar-refractivity contribution in [2.45, 2.75) is 24.7 Å². The van der Waals surface area contributed by atoms with E-state index in [1.165, 1.54) is 29.7 Å². The second-order valence-electron chi connectivity index (χ2n) is 7.15. The van der Waals surface area contributed by atoms with E-state index in [0.29, 0.717) is 18.1 Å². The number of aryl methyl sites for hydroxylation is 1. The van der Waals surface area contributed by atoms with E-state index in [1.807, 2.05) is 6.92 Å². The first-order valence-electron chi connectivity index (χ1n) is 9.36. The van der Waals surface area contributed by atoms with Gasteiger partial charge in [-0.25, -0.2) is 8.42 Å². The molecule has 1 saturated carbocycles. The Kier molecular flexibility index (Phi) is 5.93. The summed E-state index contributed by atoms with van der Waals surface area (Å²) < 4.78 is 31.0. The molecule has 0 unspecified atom stereocenters. The van der Waals surface area contributed by atoms with E-state index in [-0.39, 0.29) is 10.5 Å². The fraction of sp³-hybridized carbons (Fsp3) is 0.381. The van der Waals surface area contributed by atoms with Crippen molar-refractivity contribution in [3.8, 4) is 11.1 Å². The Morgan fingerprint density at radius 2 is 2.00 bits per heavy atom. The topological polar surface area (TPSA) is 77.4 Å². The molecule has 1 aromatic carbocycles. The largest absolute Gasteiger partial charge is 0.501 e. The van der Waals surface area contributed by atoms with E-state index in [4.69, 9.17) is 4.74 Å². The van der Waals surface area contributed by atoms with Crippen LogP contribution in [0.4, 0.5) is 5.69 Å². The molecule has 0 spiro atoms. The third kappa shape index (κ3) is 4.84. The zero-order valence-electron chi connectivity index (χ0n) is 16.4. The molecule has 1 heterocycles. The molecule has 0 radical (unpaired) electrons. The molecule has 150 valence electrons. The Morgan fingerprint density at radius 3 is 2.64 bits per heavy atom. The van der Waals surface area contributed by atoms with Crippen molar-refractivity contribution in [3.05, 3.63) is 52.6 Å². The van der Waals surface area contributed by atoms with Gasteiger partial charge in [0.05, 0.1) is 17.8 Å². The van der Waals surface area contributed by atoms with Gasteiger partial charge < -0.3 is 14.6 Å². The minimum Gasteiger partial charge on any atom is -0.501 e. The Hall–Kier alpha value is -2.54. The van der Waals surface area contributed by atoms with Crippen LogP contribution in [0.3, 0.4) is 0 Å². The van der Waals surface area contributed by atoms with Crippen molar-refractivity contribution < 1.29 is 13.2 Å². The lowest BCUT2D eigenvalue weighted by molar-refractivity contribution is 0.272. The molecule has 1 aromatic heterocycles. The number of benzene rings is 1. The molecule has 0 amide bonds. The van der Waals surface area contributed by atoms with Crippen LogP contribution in [-0.2, 0) is 21.6 Å². The lowest BCUT2D eigenvalue weighted by Crippen LogP contribution is -2.16. The molecule has 1 fully saturated rings. The summed E-state index contributed by atoms with van der Waals surface area (Å²) in [5, 5.41) is 3.44. The van der Waals surface area contributed by atoms with Crippen molar-refractivity contribution in [1.29, 1.82) is 0 Å². The van der Waals surface area contributed by atoms with E-state index in [1.54, 1.807) is 43.8 Å². The van der Waals surface area contributed by atoms with Crippen LogP contribution in [0, 0.1) is 5.92 Å². The third-order valence-corrected chi connectivity index (χ3v) is 5.87. The van der Waals surface area contributed by atoms with Crippen LogP contribution in [0.1, 0.15) is 25.3 Å². The molecule has 1 aliphatic carbocycles. The summed E-state index contributed by atoms with van der Waals surface area (Å²) in [6.45, 7) is 3.25. The number of rotatable bonds is 8. The van der Waals surface area contributed by atoms with E-state index in [2.05, 4.69) is 5.32 Å². The summed E-state index contributed by atoms with van der Waals surface area (Å²) in [7, 11) is -1.68. The Bertz CT molecular complexity index is 1050. The Balaban J connectivity index is 2.16. The highest BCUT2D eigenvalue weighted by atomic mass is 32.2. The monoisotopic (exact) mass is 402 g/mol. The van der Waals surface area contributed by atoms with Crippen LogP contribution < -0.4 is 10.9 Å². The van der Waals surface area contributed by atoms with Gasteiger partial charge in [0, 0.05) is 48.9 Å². The molecule has 7 heteroatoms. The molecule has 2 aromatic rings. The normalized spacial score (nSPS) is 14.4. The highest BCUT2D eigenvalue weighted by molar-refractivity contribution is 7.90. The van der Waals surface area contributed by atoms with Crippen LogP contribution in [0.5, 0.6) is 0 Å². The molecule has 28 heavy (non-hydrogen) atoms. The van der Waals surface area contributed by atoms with Gasteiger partial charge in [-0.2, -0.15) is 0 Å². The molecule has 6 nitrogen and oxygen atoms in total. The SMILES string of the molecule is CCO/C=C/c1cc(=O)n(C)cc1-c1cc(S(C)(=O)=O)ccc1NCC1CC1. The third-order valence-electron chi connectivity index (χ3n) is 4.76. The van der Waals surface area contributed by atoms with Crippen LogP contribution in [-0.4, -0.2) is 32.4 Å². The molecular weight excluding hydrogens is 376 g/mol. The van der Waals surface area contributed by atoms with E-state index < -0.39 is 9.84 Å². The van der Waals surface area contributed by atoms with E-state index in [9.17, 15) is 13.2 Å². The summed E-state index contributed by atoms with van der Waals surface area (Å²) in [4.78, 5) is 12.4. The van der Waals surface area contributed by atoms with Gasteiger partial charge in [0.25, 0.3) is 5.56 Å². The molecule has 0 aliphatic heterocycles. The quantitative estimate of drug-likeness (QED) is 0.686. The van der Waals surface area contributed by atoms with E-state index >= 15 is 0 Å². The molecular formula is C21H26N2O4S. The van der Waals surface area contributed by atoms with Gasteiger partial charge in [0.2, 0.25) is 0 Å². The first-order chi connectivity index (χ1) is 13.3. The average Bonchev–Trinajstić information content (AvgIpc) is 3.46. The first-order valence-corrected chi connectivity index (χ1v) is 11.3. The molecule has 0 bridgehead atoms. The minimum absolute atomic E-state index is 0.147.